The summed E-state index contributed by atoms with van der Waals surface area (Å²) in [5.41, 5.74) is 2.32. The third kappa shape index (κ3) is 3.53. The van der Waals surface area contributed by atoms with Crippen molar-refractivity contribution in [2.75, 3.05) is 20.2 Å². The van der Waals surface area contributed by atoms with Crippen LogP contribution in [-0.2, 0) is 0 Å². The van der Waals surface area contributed by atoms with Gasteiger partial charge in [-0.05, 0) is 49.6 Å². The summed E-state index contributed by atoms with van der Waals surface area (Å²) in [4.78, 5) is 28.6. The van der Waals surface area contributed by atoms with E-state index < -0.39 is 0 Å². The molecule has 2 heterocycles. The van der Waals surface area contributed by atoms with Crippen molar-refractivity contribution in [2.24, 2.45) is 0 Å². The maximum Gasteiger partial charge on any atom is 0.280 e. The van der Waals surface area contributed by atoms with Gasteiger partial charge in [-0.2, -0.15) is 9.78 Å². The first-order valence-electron chi connectivity index (χ1n) is 9.73. The molecule has 4 rings (SSSR count). The number of rotatable bonds is 4. The Kier molecular flexibility index (Phi) is 5.16. The first-order chi connectivity index (χ1) is 14.1. The van der Waals surface area contributed by atoms with Gasteiger partial charge in [0, 0.05) is 13.1 Å². The van der Waals surface area contributed by atoms with E-state index in [0.717, 1.165) is 12.8 Å². The molecule has 1 aliphatic heterocycles. The molecular weight excluding hydrogens is 366 g/mol. The van der Waals surface area contributed by atoms with Crippen LogP contribution in [0.3, 0.4) is 0 Å². The largest absolute Gasteiger partial charge is 0.497 e. The monoisotopic (exact) mass is 389 g/mol. The number of hydrogen-bond acceptors (Lipinski definition) is 4. The van der Waals surface area contributed by atoms with Gasteiger partial charge < -0.3 is 9.64 Å². The summed E-state index contributed by atoms with van der Waals surface area (Å²) in [6.07, 6.45) is 1.97. The van der Waals surface area contributed by atoms with Crippen molar-refractivity contribution in [3.63, 3.8) is 0 Å². The lowest BCUT2D eigenvalue weighted by molar-refractivity contribution is 0.0792. The molecule has 2 aromatic carbocycles. The molecule has 1 aliphatic rings. The van der Waals surface area contributed by atoms with Crippen LogP contribution in [0.15, 0.2) is 59.4 Å². The third-order valence-electron chi connectivity index (χ3n) is 5.25. The number of ether oxygens (including phenoxy) is 1. The number of amides is 1. The van der Waals surface area contributed by atoms with Crippen molar-refractivity contribution in [1.82, 2.24) is 14.7 Å². The van der Waals surface area contributed by atoms with Crippen LogP contribution in [0.1, 0.15) is 28.9 Å². The fourth-order valence-electron chi connectivity index (χ4n) is 3.75. The Morgan fingerprint density at radius 2 is 1.66 bits per heavy atom. The predicted octanol–water partition coefficient (Wildman–Crippen LogP) is 3.45. The van der Waals surface area contributed by atoms with E-state index >= 15 is 0 Å². The van der Waals surface area contributed by atoms with Gasteiger partial charge in [-0.25, -0.2) is 0 Å². The molecule has 0 radical (unpaired) electrons. The summed E-state index contributed by atoms with van der Waals surface area (Å²) in [7, 11) is 1.59. The van der Waals surface area contributed by atoms with Gasteiger partial charge in [0.2, 0.25) is 0 Å². The Labute approximate surface area is 169 Å². The minimum atomic E-state index is -0.311. The van der Waals surface area contributed by atoms with Crippen LogP contribution in [0.4, 0.5) is 0 Å². The minimum Gasteiger partial charge on any atom is -0.497 e. The number of aromatic nitrogens is 2. The lowest BCUT2D eigenvalue weighted by Gasteiger charge is -2.20. The first kappa shape index (κ1) is 18.9. The maximum atomic E-state index is 13.5. The van der Waals surface area contributed by atoms with Crippen LogP contribution in [0.5, 0.6) is 5.75 Å². The molecule has 3 aromatic rings. The van der Waals surface area contributed by atoms with E-state index in [4.69, 9.17) is 4.74 Å². The molecule has 0 aliphatic carbocycles. The van der Waals surface area contributed by atoms with E-state index in [1.54, 1.807) is 26.2 Å². The fourth-order valence-corrected chi connectivity index (χ4v) is 3.75. The number of aryl methyl sites for hydroxylation is 1. The summed E-state index contributed by atoms with van der Waals surface area (Å²) in [5.74, 6) is 0.561. The summed E-state index contributed by atoms with van der Waals surface area (Å²) < 4.78 is 6.61. The van der Waals surface area contributed by atoms with Crippen LogP contribution in [0, 0.1) is 6.92 Å². The van der Waals surface area contributed by atoms with Gasteiger partial charge >= 0.3 is 0 Å². The Bertz CT molecular complexity index is 1080. The van der Waals surface area contributed by atoms with E-state index in [0.29, 0.717) is 46.9 Å². The highest BCUT2D eigenvalue weighted by molar-refractivity contribution is 6.01. The van der Waals surface area contributed by atoms with Crippen molar-refractivity contribution in [2.45, 2.75) is 19.8 Å². The average Bonchev–Trinajstić information content (AvgIpc) is 3.30. The standard InChI is InChI=1S/C23H23N3O3/c1-16-20(22(27)25-14-6-7-15-25)21(17-10-12-19(29-2)13-11-17)23(28)26(24-16)18-8-4-3-5-9-18/h3-5,8-13H,6-7,14-15H2,1-2H3. The lowest BCUT2D eigenvalue weighted by atomic mass is 9.99. The van der Waals surface area contributed by atoms with E-state index in [2.05, 4.69) is 5.10 Å². The van der Waals surface area contributed by atoms with Crippen LogP contribution in [-0.4, -0.2) is 40.8 Å². The van der Waals surface area contributed by atoms with Gasteiger partial charge in [-0.1, -0.05) is 30.3 Å². The molecule has 0 spiro atoms. The Balaban J connectivity index is 1.95. The molecule has 0 bridgehead atoms. The van der Waals surface area contributed by atoms with Gasteiger partial charge in [-0.3, -0.25) is 9.59 Å². The average molecular weight is 389 g/mol. The van der Waals surface area contributed by atoms with Crippen molar-refractivity contribution in [3.8, 4) is 22.6 Å². The zero-order chi connectivity index (χ0) is 20.4. The van der Waals surface area contributed by atoms with Crippen molar-refractivity contribution in [3.05, 3.63) is 76.2 Å². The molecule has 1 amide bonds. The Hall–Kier alpha value is -3.41. The number of hydrogen-bond donors (Lipinski definition) is 0. The highest BCUT2D eigenvalue weighted by atomic mass is 16.5. The number of nitrogens with zero attached hydrogens (tertiary/aromatic N) is 3. The van der Waals surface area contributed by atoms with Crippen LogP contribution in [0.25, 0.3) is 16.8 Å². The number of para-hydroxylation sites is 1. The molecule has 1 saturated heterocycles. The number of benzene rings is 2. The second-order valence-electron chi connectivity index (χ2n) is 7.12. The second kappa shape index (κ2) is 7.91. The SMILES string of the molecule is COc1ccc(-c2c(C(=O)N3CCCC3)c(C)nn(-c3ccccc3)c2=O)cc1. The zero-order valence-electron chi connectivity index (χ0n) is 16.6. The van der Waals surface area contributed by atoms with Gasteiger partial charge in [0.1, 0.15) is 5.75 Å². The minimum absolute atomic E-state index is 0.129. The smallest absolute Gasteiger partial charge is 0.280 e. The lowest BCUT2D eigenvalue weighted by Crippen LogP contribution is -2.33. The molecule has 1 fully saturated rings. The summed E-state index contributed by atoms with van der Waals surface area (Å²) in [6, 6.07) is 16.5. The van der Waals surface area contributed by atoms with Crippen LogP contribution >= 0.6 is 0 Å². The maximum absolute atomic E-state index is 13.5. The van der Waals surface area contributed by atoms with Gasteiger partial charge in [0.15, 0.2) is 0 Å². The predicted molar refractivity (Wildman–Crippen MR) is 112 cm³/mol. The fraction of sp³-hybridized carbons (Fsp3) is 0.261. The Morgan fingerprint density at radius 3 is 2.28 bits per heavy atom. The molecular formula is C23H23N3O3. The Morgan fingerprint density at radius 1 is 1.00 bits per heavy atom. The van der Waals surface area contributed by atoms with E-state index in [1.165, 1.54) is 4.68 Å². The molecule has 6 heteroatoms. The third-order valence-corrected chi connectivity index (χ3v) is 5.25. The second-order valence-corrected chi connectivity index (χ2v) is 7.12. The van der Waals surface area contributed by atoms with Crippen molar-refractivity contribution >= 4 is 5.91 Å². The molecule has 148 valence electrons. The number of carbonyl (C=O) groups is 1. The quantitative estimate of drug-likeness (QED) is 0.686. The van der Waals surface area contributed by atoms with Crippen molar-refractivity contribution < 1.29 is 9.53 Å². The summed E-state index contributed by atoms with van der Waals surface area (Å²) in [5, 5.41) is 4.49. The molecule has 0 N–H and O–H groups in total. The van der Waals surface area contributed by atoms with Crippen LogP contribution in [0.2, 0.25) is 0 Å². The summed E-state index contributed by atoms with van der Waals surface area (Å²) in [6.45, 7) is 3.21. The van der Waals surface area contributed by atoms with Gasteiger partial charge in [-0.15, -0.1) is 0 Å². The normalized spacial score (nSPS) is 13.5. The molecule has 0 atom stereocenters. The highest BCUT2D eigenvalue weighted by Crippen LogP contribution is 2.27. The van der Waals surface area contributed by atoms with Gasteiger partial charge in [0.05, 0.1) is 29.6 Å². The molecule has 0 saturated carbocycles. The number of methoxy groups -OCH3 is 1. The number of carbonyl (C=O) groups excluding carboxylic acids is 1. The zero-order valence-corrected chi connectivity index (χ0v) is 16.6. The van der Waals surface area contributed by atoms with E-state index in [9.17, 15) is 9.59 Å². The molecule has 6 nitrogen and oxygen atoms in total. The van der Waals surface area contributed by atoms with Crippen LogP contribution < -0.4 is 10.3 Å². The first-order valence-corrected chi connectivity index (χ1v) is 9.73. The van der Waals surface area contributed by atoms with E-state index in [-0.39, 0.29) is 11.5 Å². The highest BCUT2D eigenvalue weighted by Gasteiger charge is 2.28. The topological polar surface area (TPSA) is 64.4 Å². The summed E-state index contributed by atoms with van der Waals surface area (Å²) >= 11 is 0. The van der Waals surface area contributed by atoms with Crippen molar-refractivity contribution in [1.29, 1.82) is 0 Å². The molecule has 29 heavy (non-hydrogen) atoms. The molecule has 1 aromatic heterocycles. The molecule has 0 unspecified atom stereocenters. The van der Waals surface area contributed by atoms with E-state index in [1.807, 2.05) is 47.4 Å². The van der Waals surface area contributed by atoms with Gasteiger partial charge in [0.25, 0.3) is 11.5 Å². The number of likely N-dealkylation sites (tertiary alicyclic amines) is 1.